The lowest BCUT2D eigenvalue weighted by molar-refractivity contribution is 0.100. The number of hydrogen-bond donors (Lipinski definition) is 3. The third-order valence-electron chi connectivity index (χ3n) is 6.12. The minimum atomic E-state index is -0.667. The predicted octanol–water partition coefficient (Wildman–Crippen LogP) is 4.34. The van der Waals surface area contributed by atoms with Crippen LogP contribution in [0.3, 0.4) is 0 Å². The maximum atomic E-state index is 13.5. The molecule has 0 atom stereocenters. The van der Waals surface area contributed by atoms with Crippen LogP contribution in [0.5, 0.6) is 0 Å². The van der Waals surface area contributed by atoms with Gasteiger partial charge >= 0.3 is 0 Å². The van der Waals surface area contributed by atoms with Gasteiger partial charge in [0, 0.05) is 68.5 Å². The van der Waals surface area contributed by atoms with Gasteiger partial charge in [-0.2, -0.15) is 0 Å². The molecule has 0 unspecified atom stereocenters. The average Bonchev–Trinajstić information content (AvgIpc) is 2.83. The van der Waals surface area contributed by atoms with Gasteiger partial charge in [-0.05, 0) is 55.8 Å². The third kappa shape index (κ3) is 6.24. The number of carbonyl (C=O) groups excluding carboxylic acids is 1. The average molecular weight is 481 g/mol. The number of pyridine rings is 1. The summed E-state index contributed by atoms with van der Waals surface area (Å²) in [5.41, 5.74) is 8.48. The van der Waals surface area contributed by atoms with Crippen LogP contribution in [0.15, 0.2) is 54.7 Å². The van der Waals surface area contributed by atoms with Crippen LogP contribution in [0.4, 0.5) is 31.7 Å². The maximum Gasteiger partial charge on any atom is 0.252 e. The molecule has 3 aromatic rings. The van der Waals surface area contributed by atoms with Crippen LogP contribution in [0, 0.1) is 11.6 Å². The summed E-state index contributed by atoms with van der Waals surface area (Å²) in [5, 5.41) is 6.26. The lowest BCUT2D eigenvalue weighted by atomic mass is 10.1. The van der Waals surface area contributed by atoms with Gasteiger partial charge < -0.3 is 21.3 Å². The second-order valence-electron chi connectivity index (χ2n) is 8.90. The Hall–Kier alpha value is -3.72. The fourth-order valence-corrected chi connectivity index (χ4v) is 4.18. The van der Waals surface area contributed by atoms with Gasteiger partial charge in [0.15, 0.2) is 0 Å². The van der Waals surface area contributed by atoms with Gasteiger partial charge in [0.2, 0.25) is 0 Å². The molecule has 35 heavy (non-hydrogen) atoms. The molecular formula is C26H30F2N6O. The number of carbonyl (C=O) groups is 1. The van der Waals surface area contributed by atoms with E-state index in [9.17, 15) is 13.6 Å². The first-order valence-corrected chi connectivity index (χ1v) is 11.6. The van der Waals surface area contributed by atoms with Crippen molar-refractivity contribution in [2.24, 2.45) is 5.73 Å². The highest BCUT2D eigenvalue weighted by molar-refractivity contribution is 5.98. The van der Waals surface area contributed by atoms with E-state index in [1.54, 1.807) is 6.07 Å². The molecule has 1 saturated heterocycles. The molecule has 4 rings (SSSR count). The quantitative estimate of drug-likeness (QED) is 0.445. The third-order valence-corrected chi connectivity index (χ3v) is 6.12. The molecule has 7 nitrogen and oxygen atoms in total. The van der Waals surface area contributed by atoms with Crippen molar-refractivity contribution in [3.8, 4) is 0 Å². The van der Waals surface area contributed by atoms with Crippen molar-refractivity contribution in [3.05, 3.63) is 77.5 Å². The molecule has 4 N–H and O–H groups in total. The minimum Gasteiger partial charge on any atom is -0.380 e. The van der Waals surface area contributed by atoms with Crippen LogP contribution in [0.1, 0.15) is 29.8 Å². The zero-order chi connectivity index (χ0) is 24.9. The summed E-state index contributed by atoms with van der Waals surface area (Å²) in [6.45, 7) is 8.64. The van der Waals surface area contributed by atoms with E-state index in [0.717, 1.165) is 37.9 Å². The second-order valence-corrected chi connectivity index (χ2v) is 8.90. The molecule has 0 saturated carbocycles. The summed E-state index contributed by atoms with van der Waals surface area (Å²) in [7, 11) is 0. The van der Waals surface area contributed by atoms with Crippen molar-refractivity contribution >= 4 is 28.8 Å². The van der Waals surface area contributed by atoms with Crippen molar-refractivity contribution in [1.82, 2.24) is 9.88 Å². The largest absolute Gasteiger partial charge is 0.380 e. The number of piperazine rings is 1. The Morgan fingerprint density at radius 1 is 1.03 bits per heavy atom. The SMILES string of the molecule is CC(C)N1CCN(c2ccc(Nc3cc(NCc4cc(F)cc(F)c4)c(C(N)=O)cn3)cc2)CC1. The van der Waals surface area contributed by atoms with E-state index in [2.05, 4.69) is 51.4 Å². The van der Waals surface area contributed by atoms with Gasteiger partial charge in [0.1, 0.15) is 17.5 Å². The van der Waals surface area contributed by atoms with E-state index in [1.165, 1.54) is 24.0 Å². The number of nitrogens with zero attached hydrogens (tertiary/aromatic N) is 3. The van der Waals surface area contributed by atoms with Crippen molar-refractivity contribution in [2.45, 2.75) is 26.4 Å². The first kappa shape index (κ1) is 24.4. The Bertz CT molecular complexity index is 1160. The number of halogens is 2. The first-order valence-electron chi connectivity index (χ1n) is 11.6. The molecule has 0 spiro atoms. The molecule has 1 amide bonds. The van der Waals surface area contributed by atoms with Crippen molar-refractivity contribution < 1.29 is 13.6 Å². The number of hydrogen-bond acceptors (Lipinski definition) is 6. The highest BCUT2D eigenvalue weighted by Gasteiger charge is 2.19. The molecule has 1 aliphatic heterocycles. The molecule has 0 radical (unpaired) electrons. The molecule has 2 heterocycles. The van der Waals surface area contributed by atoms with Crippen LogP contribution in [0.25, 0.3) is 0 Å². The Morgan fingerprint density at radius 2 is 1.69 bits per heavy atom. The van der Waals surface area contributed by atoms with Crippen LogP contribution in [-0.4, -0.2) is 48.0 Å². The lowest BCUT2D eigenvalue weighted by Crippen LogP contribution is -2.48. The summed E-state index contributed by atoms with van der Waals surface area (Å²) in [4.78, 5) is 21.0. The number of primary amides is 1. The number of nitrogens with two attached hydrogens (primary N) is 1. The van der Waals surface area contributed by atoms with E-state index >= 15 is 0 Å². The van der Waals surface area contributed by atoms with Crippen molar-refractivity contribution in [3.63, 3.8) is 0 Å². The number of nitrogens with one attached hydrogen (secondary N) is 2. The van der Waals surface area contributed by atoms with E-state index in [-0.39, 0.29) is 12.1 Å². The molecule has 0 aliphatic carbocycles. The van der Waals surface area contributed by atoms with Gasteiger partial charge in [-0.3, -0.25) is 9.69 Å². The Labute approximate surface area is 203 Å². The van der Waals surface area contributed by atoms with Gasteiger partial charge in [0.05, 0.1) is 11.3 Å². The van der Waals surface area contributed by atoms with Crippen LogP contribution in [-0.2, 0) is 6.54 Å². The molecule has 1 aliphatic rings. The smallest absolute Gasteiger partial charge is 0.252 e. The fraction of sp³-hybridized carbons (Fsp3) is 0.308. The highest BCUT2D eigenvalue weighted by atomic mass is 19.1. The molecule has 0 bridgehead atoms. The van der Waals surface area contributed by atoms with E-state index < -0.39 is 17.5 Å². The predicted molar refractivity (Wildman–Crippen MR) is 135 cm³/mol. The highest BCUT2D eigenvalue weighted by Crippen LogP contribution is 2.25. The first-order chi connectivity index (χ1) is 16.8. The lowest BCUT2D eigenvalue weighted by Gasteiger charge is -2.38. The molecule has 2 aromatic carbocycles. The molecule has 1 fully saturated rings. The summed E-state index contributed by atoms with van der Waals surface area (Å²) in [5.74, 6) is -1.49. The van der Waals surface area contributed by atoms with Gasteiger partial charge in [-0.15, -0.1) is 0 Å². The molecular weight excluding hydrogens is 450 g/mol. The number of anilines is 4. The van der Waals surface area contributed by atoms with E-state index in [4.69, 9.17) is 5.73 Å². The number of aromatic nitrogens is 1. The normalized spacial score (nSPS) is 14.3. The maximum absolute atomic E-state index is 13.5. The van der Waals surface area contributed by atoms with Crippen molar-refractivity contribution in [2.75, 3.05) is 41.7 Å². The van der Waals surface area contributed by atoms with Gasteiger partial charge in [-0.25, -0.2) is 13.8 Å². The van der Waals surface area contributed by atoms with E-state index in [0.29, 0.717) is 23.1 Å². The Balaban J connectivity index is 1.44. The summed E-state index contributed by atoms with van der Waals surface area (Å²) >= 11 is 0. The van der Waals surface area contributed by atoms with E-state index in [1.807, 2.05) is 12.1 Å². The summed E-state index contributed by atoms with van der Waals surface area (Å²) < 4.78 is 27.0. The minimum absolute atomic E-state index is 0.108. The Morgan fingerprint density at radius 3 is 2.29 bits per heavy atom. The zero-order valence-electron chi connectivity index (χ0n) is 19.9. The van der Waals surface area contributed by atoms with Crippen LogP contribution < -0.4 is 21.3 Å². The number of benzene rings is 2. The standard InChI is InChI=1S/C26H30F2N6O/c1-17(2)33-7-9-34(10-8-33)22-5-3-21(4-6-22)32-25-14-24(23(16-31-25)26(29)35)30-15-18-11-19(27)13-20(28)12-18/h3-6,11-14,16-17H,7-10,15H2,1-2H3,(H2,29,35)(H2,30,31,32). The fourth-order valence-electron chi connectivity index (χ4n) is 4.18. The van der Waals surface area contributed by atoms with Crippen LogP contribution in [0.2, 0.25) is 0 Å². The van der Waals surface area contributed by atoms with Gasteiger partial charge in [0.25, 0.3) is 5.91 Å². The summed E-state index contributed by atoms with van der Waals surface area (Å²) in [6.07, 6.45) is 1.38. The zero-order valence-corrected chi connectivity index (χ0v) is 19.9. The molecule has 184 valence electrons. The second kappa shape index (κ2) is 10.7. The van der Waals surface area contributed by atoms with Crippen LogP contribution >= 0.6 is 0 Å². The topological polar surface area (TPSA) is 86.5 Å². The molecule has 9 heteroatoms. The Kier molecular flexibility index (Phi) is 7.45. The monoisotopic (exact) mass is 480 g/mol. The number of rotatable bonds is 8. The van der Waals surface area contributed by atoms with Crippen molar-refractivity contribution in [1.29, 1.82) is 0 Å². The number of amides is 1. The molecule has 1 aromatic heterocycles. The van der Waals surface area contributed by atoms with Gasteiger partial charge in [-0.1, -0.05) is 0 Å². The summed E-state index contributed by atoms with van der Waals surface area (Å²) in [6, 6.07) is 13.6.